The van der Waals surface area contributed by atoms with Crippen molar-refractivity contribution in [3.05, 3.63) is 0 Å². The number of unbranched alkanes of at least 4 members (excludes halogenated alkanes) is 1. The Balaban J connectivity index is 3.02. The Morgan fingerprint density at radius 2 is 1.66 bits per heavy atom. The van der Waals surface area contributed by atoms with Gasteiger partial charge in [-0.3, -0.25) is 28.5 Å². The minimum absolute atomic E-state index is 0.00406. The molecular formula is C22H39N6O12P. The van der Waals surface area contributed by atoms with Gasteiger partial charge in [-0.2, -0.15) is 0 Å². The first kappa shape index (κ1) is 35.9. The number of hydrogen-bond donors (Lipinski definition) is 9. The van der Waals surface area contributed by atoms with Gasteiger partial charge in [-0.05, 0) is 52.5 Å². The van der Waals surface area contributed by atoms with Crippen LogP contribution in [0.25, 0.3) is 0 Å². The molecule has 0 radical (unpaired) electrons. The van der Waals surface area contributed by atoms with Crippen molar-refractivity contribution in [2.75, 3.05) is 13.1 Å². The maximum absolute atomic E-state index is 13.4. The van der Waals surface area contributed by atoms with E-state index in [1.54, 1.807) is 0 Å². The third kappa shape index (κ3) is 12.1. The van der Waals surface area contributed by atoms with E-state index in [-0.39, 0.29) is 19.4 Å². The Labute approximate surface area is 235 Å². The van der Waals surface area contributed by atoms with Gasteiger partial charge in [0.05, 0.1) is 18.6 Å². The first-order valence-corrected chi connectivity index (χ1v) is 14.4. The van der Waals surface area contributed by atoms with E-state index in [1.165, 1.54) is 6.92 Å². The van der Waals surface area contributed by atoms with E-state index in [0.29, 0.717) is 25.8 Å². The van der Waals surface area contributed by atoms with E-state index >= 15 is 0 Å². The molecule has 1 heterocycles. The van der Waals surface area contributed by atoms with Gasteiger partial charge in [0.1, 0.15) is 24.2 Å². The van der Waals surface area contributed by atoms with Crippen molar-refractivity contribution in [2.24, 2.45) is 11.5 Å². The minimum atomic E-state index is -5.15. The van der Waals surface area contributed by atoms with Crippen LogP contribution < -0.4 is 27.4 Å². The number of phosphoric ester groups is 1. The molecule has 0 aromatic heterocycles. The Morgan fingerprint density at radius 1 is 1.02 bits per heavy atom. The fourth-order valence-corrected chi connectivity index (χ4v) is 4.66. The van der Waals surface area contributed by atoms with Crippen molar-refractivity contribution < 1.29 is 57.9 Å². The SMILES string of the molecule is C[C@H](NC(=O)[C@@H]1CCCN1C(=O)[C@@H](NC(=O)[C@@H](N)CC(=O)O)[C@@H](C)OP(=O)(O)O)C(=O)N[C@@H](CCCCN)C(=O)O. The van der Waals surface area contributed by atoms with Gasteiger partial charge in [0, 0.05) is 6.54 Å². The van der Waals surface area contributed by atoms with E-state index in [4.69, 9.17) is 16.6 Å². The highest BCUT2D eigenvalue weighted by atomic mass is 31.2. The van der Waals surface area contributed by atoms with Crippen LogP contribution in [-0.4, -0.2) is 110 Å². The second-order valence-corrected chi connectivity index (χ2v) is 10.8. The Kier molecular flexibility index (Phi) is 14.3. The quantitative estimate of drug-likeness (QED) is 0.0584. The minimum Gasteiger partial charge on any atom is -0.481 e. The molecule has 18 nitrogen and oxygen atoms in total. The number of nitrogens with one attached hydrogen (secondary N) is 3. The third-order valence-electron chi connectivity index (χ3n) is 6.22. The number of hydrogen-bond acceptors (Lipinski definition) is 10. The van der Waals surface area contributed by atoms with Gasteiger partial charge in [0.15, 0.2) is 0 Å². The smallest absolute Gasteiger partial charge is 0.469 e. The molecule has 0 saturated carbocycles. The standard InChI is InChI=1S/C22H39N6O12P/c1-11(18(31)26-14(22(35)36)6-3-4-8-23)25-20(33)15-7-5-9-28(15)21(34)17(12(2)40-41(37,38)39)27-19(32)13(24)10-16(29)30/h11-15,17H,3-10,23-24H2,1-2H3,(H,25,33)(H,26,31)(H,27,32)(H,29,30)(H,35,36)(H2,37,38,39)/t11-,12+,13-,14-,15-,17-/m0/s1. The van der Waals surface area contributed by atoms with Crippen LogP contribution in [0.4, 0.5) is 0 Å². The highest BCUT2D eigenvalue weighted by Gasteiger charge is 2.42. The van der Waals surface area contributed by atoms with Crippen LogP contribution in [0.2, 0.25) is 0 Å². The number of carboxylic acids is 2. The van der Waals surface area contributed by atoms with Crippen LogP contribution in [0.5, 0.6) is 0 Å². The molecular weight excluding hydrogens is 571 g/mol. The van der Waals surface area contributed by atoms with E-state index in [2.05, 4.69) is 20.5 Å². The van der Waals surface area contributed by atoms with E-state index in [1.807, 2.05) is 0 Å². The normalized spacial score (nSPS) is 18.9. The predicted octanol–water partition coefficient (Wildman–Crippen LogP) is -3.03. The molecule has 0 spiro atoms. The molecule has 1 aliphatic heterocycles. The summed E-state index contributed by atoms with van der Waals surface area (Å²) in [4.78, 5) is 93.3. The number of carbonyl (C=O) groups is 6. The lowest BCUT2D eigenvalue weighted by Gasteiger charge is -2.32. The van der Waals surface area contributed by atoms with Crippen LogP contribution >= 0.6 is 7.82 Å². The molecule has 0 aromatic carbocycles. The molecule has 4 amide bonds. The lowest BCUT2D eigenvalue weighted by molar-refractivity contribution is -0.145. The Bertz CT molecular complexity index is 1020. The average Bonchev–Trinajstić information content (AvgIpc) is 3.34. The zero-order valence-corrected chi connectivity index (χ0v) is 23.6. The van der Waals surface area contributed by atoms with Crippen LogP contribution in [0.3, 0.4) is 0 Å². The Morgan fingerprint density at radius 3 is 2.20 bits per heavy atom. The molecule has 0 unspecified atom stereocenters. The van der Waals surface area contributed by atoms with Crippen molar-refractivity contribution in [1.82, 2.24) is 20.9 Å². The summed E-state index contributed by atoms with van der Waals surface area (Å²) in [6.07, 6.45) is -0.841. The number of likely N-dealkylation sites (tertiary alicyclic amines) is 1. The molecule has 0 bridgehead atoms. The van der Waals surface area contributed by atoms with Crippen molar-refractivity contribution in [1.29, 1.82) is 0 Å². The monoisotopic (exact) mass is 610 g/mol. The summed E-state index contributed by atoms with van der Waals surface area (Å²) < 4.78 is 16.0. The highest BCUT2D eigenvalue weighted by Crippen LogP contribution is 2.38. The van der Waals surface area contributed by atoms with Crippen LogP contribution in [0.1, 0.15) is 52.4 Å². The maximum Gasteiger partial charge on any atom is 0.469 e. The summed E-state index contributed by atoms with van der Waals surface area (Å²) in [5, 5.41) is 25.1. The van der Waals surface area contributed by atoms with Gasteiger partial charge in [-0.15, -0.1) is 0 Å². The summed E-state index contributed by atoms with van der Waals surface area (Å²) in [5.41, 5.74) is 10.9. The topological polar surface area (TPSA) is 301 Å². The Hall–Kier alpha value is -3.15. The molecule has 1 saturated heterocycles. The van der Waals surface area contributed by atoms with E-state index < -0.39 is 86.1 Å². The summed E-state index contributed by atoms with van der Waals surface area (Å²) in [5.74, 6) is -6.31. The number of rotatable bonds is 17. The van der Waals surface area contributed by atoms with Crippen molar-refractivity contribution in [2.45, 2.75) is 88.7 Å². The molecule has 0 aromatic rings. The summed E-state index contributed by atoms with van der Waals surface area (Å²) in [6, 6.07) is -6.93. The van der Waals surface area contributed by atoms with Crippen LogP contribution in [-0.2, 0) is 37.9 Å². The largest absolute Gasteiger partial charge is 0.481 e. The molecule has 19 heteroatoms. The molecule has 11 N–H and O–H groups in total. The number of aliphatic carboxylic acids is 2. The van der Waals surface area contributed by atoms with Gasteiger partial charge in [-0.25, -0.2) is 9.36 Å². The summed E-state index contributed by atoms with van der Waals surface area (Å²) in [6.45, 7) is 2.74. The lowest BCUT2D eigenvalue weighted by atomic mass is 10.1. The zero-order valence-electron chi connectivity index (χ0n) is 22.7. The molecule has 6 atom stereocenters. The number of phosphoric acid groups is 1. The number of nitrogens with zero attached hydrogens (tertiary/aromatic N) is 1. The van der Waals surface area contributed by atoms with E-state index in [0.717, 1.165) is 11.8 Å². The van der Waals surface area contributed by atoms with Gasteiger partial charge >= 0.3 is 19.8 Å². The van der Waals surface area contributed by atoms with Gasteiger partial charge in [0.2, 0.25) is 23.6 Å². The first-order valence-electron chi connectivity index (χ1n) is 12.8. The zero-order chi connectivity index (χ0) is 31.5. The van der Waals surface area contributed by atoms with Crippen molar-refractivity contribution in [3.63, 3.8) is 0 Å². The van der Waals surface area contributed by atoms with Crippen LogP contribution in [0.15, 0.2) is 0 Å². The van der Waals surface area contributed by atoms with Gasteiger partial charge in [0.25, 0.3) is 0 Å². The summed E-state index contributed by atoms with van der Waals surface area (Å²) in [7, 11) is -5.15. The van der Waals surface area contributed by atoms with Gasteiger partial charge in [-0.1, -0.05) is 0 Å². The lowest BCUT2D eigenvalue weighted by Crippen LogP contribution is -2.60. The first-order chi connectivity index (χ1) is 19.0. The molecule has 234 valence electrons. The van der Waals surface area contributed by atoms with Gasteiger partial charge < -0.3 is 52.3 Å². The third-order valence-corrected chi connectivity index (χ3v) is 6.83. The number of carbonyl (C=O) groups excluding carboxylic acids is 4. The number of nitrogens with two attached hydrogens (primary N) is 2. The molecule has 0 aliphatic carbocycles. The second-order valence-electron chi connectivity index (χ2n) is 9.60. The molecule has 1 aliphatic rings. The number of carboxylic acid groups (broad SMARTS) is 2. The summed E-state index contributed by atoms with van der Waals surface area (Å²) >= 11 is 0. The van der Waals surface area contributed by atoms with Crippen molar-refractivity contribution in [3.8, 4) is 0 Å². The predicted molar refractivity (Wildman–Crippen MR) is 140 cm³/mol. The fourth-order valence-electron chi connectivity index (χ4n) is 4.10. The maximum atomic E-state index is 13.4. The molecule has 1 rings (SSSR count). The van der Waals surface area contributed by atoms with Crippen molar-refractivity contribution >= 4 is 43.4 Å². The highest BCUT2D eigenvalue weighted by molar-refractivity contribution is 7.46. The second kappa shape index (κ2) is 16.3. The van der Waals surface area contributed by atoms with Crippen LogP contribution in [0, 0.1) is 0 Å². The molecule has 1 fully saturated rings. The van der Waals surface area contributed by atoms with E-state index in [9.17, 15) is 48.2 Å². The molecule has 41 heavy (non-hydrogen) atoms. The fraction of sp³-hybridized carbons (Fsp3) is 0.727. The average molecular weight is 611 g/mol. The number of amides is 4.